The van der Waals surface area contributed by atoms with Gasteiger partial charge in [-0.3, -0.25) is 0 Å². The average Bonchev–Trinajstić information content (AvgIpc) is 3.15. The fourth-order valence-electron chi connectivity index (χ4n) is 8.05. The predicted molar refractivity (Wildman–Crippen MR) is 225 cm³/mol. The quantitative estimate of drug-likeness (QED) is 0.0768. The van der Waals surface area contributed by atoms with Crippen molar-refractivity contribution in [2.24, 2.45) is 0 Å². The van der Waals surface area contributed by atoms with Crippen molar-refractivity contribution in [1.82, 2.24) is 0 Å². The summed E-state index contributed by atoms with van der Waals surface area (Å²) < 4.78 is 0. The SMILES string of the molecule is [CH2-]c1ccc2c(-c3ccc(-c4cccc5ccccc45)cc3)c3ccccc3c(-c3ccc4c(ccc5cc6ccccc6cc54)c3)c2c1.[CH3-].[CH3-].[Li+]. The minimum atomic E-state index is 0. The maximum Gasteiger partial charge on any atom is 1.00 e. The minimum Gasteiger partial charge on any atom is -0.358 e. The molecule has 0 aliphatic rings. The van der Waals surface area contributed by atoms with Crippen LogP contribution in [-0.4, -0.2) is 0 Å². The van der Waals surface area contributed by atoms with E-state index in [4.69, 9.17) is 0 Å². The summed E-state index contributed by atoms with van der Waals surface area (Å²) in [5.41, 5.74) is 8.45. The van der Waals surface area contributed by atoms with E-state index >= 15 is 0 Å². The van der Waals surface area contributed by atoms with Crippen LogP contribution in [0.5, 0.6) is 0 Å². The molecule has 10 rings (SSSR count). The molecule has 0 fully saturated rings. The molecule has 0 radical (unpaired) electrons. The first-order valence-electron chi connectivity index (χ1n) is 16.9. The topological polar surface area (TPSA) is 0 Å². The molecule has 0 atom stereocenters. The Bertz CT molecular complexity index is 2930. The summed E-state index contributed by atoms with van der Waals surface area (Å²) in [5.74, 6) is 0. The van der Waals surface area contributed by atoms with Crippen molar-refractivity contribution in [3.63, 3.8) is 0 Å². The monoisotopic (exact) mass is 656 g/mol. The molecule has 244 valence electrons. The van der Waals surface area contributed by atoms with Crippen LogP contribution < -0.4 is 18.9 Å². The Morgan fingerprint density at radius 3 is 1.54 bits per heavy atom. The van der Waals surface area contributed by atoms with Crippen LogP contribution >= 0.6 is 0 Å². The molecular weight excluding hydrogens is 620 g/mol. The molecule has 0 heterocycles. The van der Waals surface area contributed by atoms with Crippen molar-refractivity contribution in [3.8, 4) is 33.4 Å². The van der Waals surface area contributed by atoms with Gasteiger partial charge in [0.2, 0.25) is 0 Å². The van der Waals surface area contributed by atoms with Gasteiger partial charge in [0.25, 0.3) is 0 Å². The zero-order chi connectivity index (χ0) is 32.5. The molecule has 0 amide bonds. The molecule has 0 spiro atoms. The Hall–Kier alpha value is -5.77. The molecule has 10 aromatic rings. The summed E-state index contributed by atoms with van der Waals surface area (Å²) >= 11 is 0. The van der Waals surface area contributed by atoms with Crippen LogP contribution in [0.3, 0.4) is 0 Å². The van der Waals surface area contributed by atoms with Crippen LogP contribution in [0.15, 0.2) is 176 Å². The molecular formula is C51H37Li-2. The van der Waals surface area contributed by atoms with E-state index in [9.17, 15) is 0 Å². The van der Waals surface area contributed by atoms with E-state index in [1.165, 1.54) is 98.0 Å². The third-order valence-electron chi connectivity index (χ3n) is 10.4. The molecule has 0 unspecified atom stereocenters. The molecule has 0 saturated heterocycles. The van der Waals surface area contributed by atoms with Gasteiger partial charge in [-0.25, -0.2) is 0 Å². The number of hydrogen-bond donors (Lipinski definition) is 0. The molecule has 0 aliphatic carbocycles. The Kier molecular flexibility index (Phi) is 9.16. The average molecular weight is 657 g/mol. The van der Waals surface area contributed by atoms with Crippen LogP contribution in [-0.2, 0) is 0 Å². The molecule has 10 aromatic carbocycles. The number of fused-ring (bicyclic) bond motifs is 7. The van der Waals surface area contributed by atoms with Crippen molar-refractivity contribution in [3.05, 3.63) is 203 Å². The Morgan fingerprint density at radius 1 is 0.288 bits per heavy atom. The van der Waals surface area contributed by atoms with E-state index in [1.54, 1.807) is 0 Å². The second kappa shape index (κ2) is 13.7. The fraction of sp³-hybridized carbons (Fsp3) is 0. The Morgan fingerprint density at radius 2 is 0.808 bits per heavy atom. The zero-order valence-electron chi connectivity index (χ0n) is 30.0. The second-order valence-electron chi connectivity index (χ2n) is 13.2. The van der Waals surface area contributed by atoms with Crippen molar-refractivity contribution in [1.29, 1.82) is 0 Å². The summed E-state index contributed by atoms with van der Waals surface area (Å²) in [4.78, 5) is 0. The summed E-state index contributed by atoms with van der Waals surface area (Å²) in [6, 6.07) is 64.7. The van der Waals surface area contributed by atoms with Crippen LogP contribution in [0.4, 0.5) is 0 Å². The third-order valence-corrected chi connectivity index (χ3v) is 10.4. The largest absolute Gasteiger partial charge is 1.00 e. The molecule has 0 aliphatic heterocycles. The van der Waals surface area contributed by atoms with Crippen molar-refractivity contribution >= 4 is 64.6 Å². The number of hydrogen-bond acceptors (Lipinski definition) is 0. The van der Waals surface area contributed by atoms with Gasteiger partial charge in [-0.05, 0) is 111 Å². The van der Waals surface area contributed by atoms with Crippen molar-refractivity contribution in [2.75, 3.05) is 0 Å². The van der Waals surface area contributed by atoms with Gasteiger partial charge in [-0.2, -0.15) is 24.6 Å². The first kappa shape index (κ1) is 34.7. The summed E-state index contributed by atoms with van der Waals surface area (Å²) in [6.07, 6.45) is 0. The van der Waals surface area contributed by atoms with Crippen molar-refractivity contribution < 1.29 is 18.9 Å². The molecule has 0 saturated carbocycles. The van der Waals surface area contributed by atoms with Gasteiger partial charge < -0.3 is 14.9 Å². The molecule has 0 aromatic heterocycles. The number of benzene rings is 10. The molecule has 0 nitrogen and oxygen atoms in total. The van der Waals surface area contributed by atoms with Gasteiger partial charge >= 0.3 is 18.9 Å². The summed E-state index contributed by atoms with van der Waals surface area (Å²) in [7, 11) is 0. The zero-order valence-corrected chi connectivity index (χ0v) is 30.0. The van der Waals surface area contributed by atoms with E-state index < -0.39 is 0 Å². The van der Waals surface area contributed by atoms with Gasteiger partial charge in [0.05, 0.1) is 0 Å². The van der Waals surface area contributed by atoms with Gasteiger partial charge in [-0.15, -0.1) is 6.07 Å². The van der Waals surface area contributed by atoms with Gasteiger partial charge in [0.1, 0.15) is 0 Å². The van der Waals surface area contributed by atoms with Crippen molar-refractivity contribution in [2.45, 2.75) is 0 Å². The van der Waals surface area contributed by atoms with Crippen LogP contribution in [0.25, 0.3) is 98.0 Å². The standard InChI is InChI=1S/C49H31.2CH3.Li/c1-31-17-25-45-47(27-31)49(39-24-26-42-37(29-39)22-23-38-28-35-10-2-3-11-36(35)30-46(38)42)44-15-7-6-14-43(44)48(45)34-20-18-33(19-21-34)41-16-8-12-32-9-4-5-13-40(32)41;;;/h2-30H,1H2;2*1H3;/q3*-1;+1. The van der Waals surface area contributed by atoms with Crippen LogP contribution in [0, 0.1) is 21.8 Å². The molecule has 0 N–H and O–H groups in total. The van der Waals surface area contributed by atoms with E-state index in [-0.39, 0.29) is 33.7 Å². The summed E-state index contributed by atoms with van der Waals surface area (Å²) in [6.45, 7) is 4.37. The molecule has 52 heavy (non-hydrogen) atoms. The maximum absolute atomic E-state index is 4.37. The van der Waals surface area contributed by atoms with E-state index in [1.807, 2.05) is 0 Å². The number of rotatable bonds is 3. The minimum absolute atomic E-state index is 0. The van der Waals surface area contributed by atoms with Crippen LogP contribution in [0.2, 0.25) is 0 Å². The molecule has 0 bridgehead atoms. The van der Waals surface area contributed by atoms with E-state index in [0.29, 0.717) is 0 Å². The smallest absolute Gasteiger partial charge is 0.358 e. The molecule has 1 heteroatoms. The van der Waals surface area contributed by atoms with Gasteiger partial charge in [0.15, 0.2) is 0 Å². The second-order valence-corrected chi connectivity index (χ2v) is 13.2. The van der Waals surface area contributed by atoms with E-state index in [0.717, 1.165) is 5.56 Å². The van der Waals surface area contributed by atoms with E-state index in [2.05, 4.69) is 183 Å². The first-order valence-corrected chi connectivity index (χ1v) is 16.9. The predicted octanol–water partition coefficient (Wildman–Crippen LogP) is 11.7. The Balaban J connectivity index is 0.00000140. The third kappa shape index (κ3) is 5.53. The van der Waals surface area contributed by atoms with Crippen LogP contribution in [0.1, 0.15) is 5.56 Å². The summed E-state index contributed by atoms with van der Waals surface area (Å²) in [5, 5.41) is 15.1. The first-order chi connectivity index (χ1) is 24.2. The fourth-order valence-corrected chi connectivity index (χ4v) is 8.05. The Labute approximate surface area is 318 Å². The van der Waals surface area contributed by atoms with Gasteiger partial charge in [0, 0.05) is 0 Å². The van der Waals surface area contributed by atoms with Gasteiger partial charge in [-0.1, -0.05) is 145 Å². The normalized spacial score (nSPS) is 11.1. The maximum atomic E-state index is 4.37.